The van der Waals surface area contributed by atoms with Crippen LogP contribution < -0.4 is 11.1 Å². The molecule has 0 aromatic heterocycles. The summed E-state index contributed by atoms with van der Waals surface area (Å²) in [5, 5.41) is 19.9. The molecule has 0 saturated heterocycles. The van der Waals surface area contributed by atoms with Gasteiger partial charge in [-0.25, -0.2) is 0 Å². The number of nitrogens with two attached hydrogens (primary N) is 1. The van der Waals surface area contributed by atoms with Crippen molar-refractivity contribution in [3.05, 3.63) is 0 Å². The van der Waals surface area contributed by atoms with Crippen LogP contribution in [-0.2, 0) is 4.79 Å². The minimum absolute atomic E-state index is 0.248. The summed E-state index contributed by atoms with van der Waals surface area (Å²) >= 11 is 0. The molecule has 0 rings (SSSR count). The molecule has 0 spiro atoms. The van der Waals surface area contributed by atoms with Gasteiger partial charge >= 0.3 is 0 Å². The standard InChI is InChI=1S/C6H14N2O3/c7-6(11)1-2-8-3-5(10)4-9/h5,8-10H,1-4H2,(H2,7,11)/t5-/m0/s1. The van der Waals surface area contributed by atoms with E-state index in [1.54, 1.807) is 0 Å². The molecule has 0 radical (unpaired) electrons. The van der Waals surface area contributed by atoms with Gasteiger partial charge in [0, 0.05) is 19.5 Å². The lowest BCUT2D eigenvalue weighted by Crippen LogP contribution is -2.31. The number of amides is 1. The van der Waals surface area contributed by atoms with Crippen molar-refractivity contribution in [3.63, 3.8) is 0 Å². The minimum atomic E-state index is -0.761. The van der Waals surface area contributed by atoms with Crippen LogP contribution in [0.2, 0.25) is 0 Å². The van der Waals surface area contributed by atoms with E-state index in [2.05, 4.69) is 5.32 Å². The summed E-state index contributed by atoms with van der Waals surface area (Å²) in [6.07, 6.45) is -0.513. The second kappa shape index (κ2) is 6.09. The molecule has 0 aromatic carbocycles. The molecular weight excluding hydrogens is 148 g/mol. The molecule has 0 fully saturated rings. The van der Waals surface area contributed by atoms with Crippen LogP contribution in [-0.4, -0.2) is 41.9 Å². The fourth-order valence-corrected chi connectivity index (χ4v) is 0.545. The van der Waals surface area contributed by atoms with Crippen molar-refractivity contribution in [2.45, 2.75) is 12.5 Å². The average molecular weight is 162 g/mol. The second-order valence-electron chi connectivity index (χ2n) is 2.26. The van der Waals surface area contributed by atoms with Crippen molar-refractivity contribution in [2.75, 3.05) is 19.7 Å². The first-order valence-electron chi connectivity index (χ1n) is 3.44. The minimum Gasteiger partial charge on any atom is -0.394 e. The van der Waals surface area contributed by atoms with Gasteiger partial charge in [0.2, 0.25) is 5.91 Å². The maximum atomic E-state index is 10.2. The molecule has 1 atom stereocenters. The van der Waals surface area contributed by atoms with Gasteiger partial charge in [0.15, 0.2) is 0 Å². The molecule has 0 heterocycles. The Morgan fingerprint density at radius 3 is 2.73 bits per heavy atom. The molecule has 0 aliphatic rings. The van der Waals surface area contributed by atoms with Crippen molar-refractivity contribution in [2.24, 2.45) is 5.73 Å². The van der Waals surface area contributed by atoms with Crippen molar-refractivity contribution < 1.29 is 15.0 Å². The topological polar surface area (TPSA) is 95.6 Å². The normalized spacial score (nSPS) is 12.9. The highest BCUT2D eigenvalue weighted by Gasteiger charge is 2.00. The third-order valence-electron chi connectivity index (χ3n) is 1.14. The van der Waals surface area contributed by atoms with Gasteiger partial charge in [-0.05, 0) is 0 Å². The van der Waals surface area contributed by atoms with Crippen LogP contribution in [0.25, 0.3) is 0 Å². The van der Waals surface area contributed by atoms with Gasteiger partial charge in [-0.1, -0.05) is 0 Å². The van der Waals surface area contributed by atoms with E-state index in [1.807, 2.05) is 0 Å². The molecule has 1 amide bonds. The van der Waals surface area contributed by atoms with Gasteiger partial charge < -0.3 is 21.3 Å². The first kappa shape index (κ1) is 10.3. The molecule has 0 saturated carbocycles. The van der Waals surface area contributed by atoms with Crippen LogP contribution in [0.4, 0.5) is 0 Å². The van der Waals surface area contributed by atoms with Gasteiger partial charge in [0.1, 0.15) is 0 Å². The Bertz CT molecular complexity index is 118. The van der Waals surface area contributed by atoms with Gasteiger partial charge in [0.05, 0.1) is 12.7 Å². The average Bonchev–Trinajstić information content (AvgIpc) is 1.97. The number of nitrogens with one attached hydrogen (secondary N) is 1. The Morgan fingerprint density at radius 2 is 2.27 bits per heavy atom. The van der Waals surface area contributed by atoms with Gasteiger partial charge in [0.25, 0.3) is 0 Å². The number of rotatable bonds is 6. The number of hydrogen-bond acceptors (Lipinski definition) is 4. The Morgan fingerprint density at radius 1 is 1.64 bits per heavy atom. The van der Waals surface area contributed by atoms with Gasteiger partial charge in [-0.15, -0.1) is 0 Å². The molecular formula is C6H14N2O3. The summed E-state index contributed by atoms with van der Waals surface area (Å²) in [6, 6.07) is 0. The number of primary amides is 1. The SMILES string of the molecule is NC(=O)CCNC[C@H](O)CO. The molecule has 5 nitrogen and oxygen atoms in total. The van der Waals surface area contributed by atoms with Crippen molar-refractivity contribution in [1.82, 2.24) is 5.32 Å². The number of hydrogen-bond donors (Lipinski definition) is 4. The zero-order valence-corrected chi connectivity index (χ0v) is 6.29. The highest BCUT2D eigenvalue weighted by molar-refractivity contribution is 5.73. The maximum Gasteiger partial charge on any atom is 0.218 e. The largest absolute Gasteiger partial charge is 0.394 e. The summed E-state index contributed by atoms with van der Waals surface area (Å²) in [6.45, 7) is 0.444. The van der Waals surface area contributed by atoms with E-state index in [0.29, 0.717) is 6.54 Å². The van der Waals surface area contributed by atoms with E-state index < -0.39 is 6.10 Å². The first-order chi connectivity index (χ1) is 5.16. The predicted molar refractivity (Wildman–Crippen MR) is 39.8 cm³/mol. The molecule has 66 valence electrons. The van der Waals surface area contributed by atoms with Crippen LogP contribution in [0.1, 0.15) is 6.42 Å². The quantitative estimate of drug-likeness (QED) is 0.333. The van der Waals surface area contributed by atoms with E-state index in [1.165, 1.54) is 0 Å². The summed E-state index contributed by atoms with van der Waals surface area (Å²) in [5.74, 6) is -0.379. The number of carbonyl (C=O) groups is 1. The Hall–Kier alpha value is -0.650. The molecule has 0 bridgehead atoms. The molecule has 0 aliphatic carbocycles. The highest BCUT2D eigenvalue weighted by Crippen LogP contribution is 1.77. The third-order valence-corrected chi connectivity index (χ3v) is 1.14. The van der Waals surface area contributed by atoms with E-state index in [4.69, 9.17) is 15.9 Å². The molecule has 11 heavy (non-hydrogen) atoms. The maximum absolute atomic E-state index is 10.2. The van der Waals surface area contributed by atoms with Crippen LogP contribution in [0.15, 0.2) is 0 Å². The van der Waals surface area contributed by atoms with Gasteiger partial charge in [-0.2, -0.15) is 0 Å². The summed E-state index contributed by atoms with van der Waals surface area (Å²) < 4.78 is 0. The molecule has 0 aromatic rings. The Kier molecular flexibility index (Phi) is 5.73. The number of aliphatic hydroxyl groups excluding tert-OH is 2. The fourth-order valence-electron chi connectivity index (χ4n) is 0.545. The fraction of sp³-hybridized carbons (Fsp3) is 0.833. The Labute approximate surface area is 65.2 Å². The lowest BCUT2D eigenvalue weighted by Gasteiger charge is -2.06. The van der Waals surface area contributed by atoms with E-state index in [0.717, 1.165) is 0 Å². The molecule has 5 heteroatoms. The number of aliphatic hydroxyl groups is 2. The number of carbonyl (C=O) groups excluding carboxylic acids is 1. The van der Waals surface area contributed by atoms with Crippen molar-refractivity contribution in [3.8, 4) is 0 Å². The summed E-state index contributed by atoms with van der Waals surface area (Å²) in [5.41, 5.74) is 4.85. The lowest BCUT2D eigenvalue weighted by molar-refractivity contribution is -0.117. The van der Waals surface area contributed by atoms with Crippen molar-refractivity contribution >= 4 is 5.91 Å². The molecule has 0 unspecified atom stereocenters. The van der Waals surface area contributed by atoms with Crippen LogP contribution in [0.5, 0.6) is 0 Å². The van der Waals surface area contributed by atoms with E-state index in [-0.39, 0.29) is 25.5 Å². The van der Waals surface area contributed by atoms with Crippen LogP contribution in [0, 0.1) is 0 Å². The summed E-state index contributed by atoms with van der Waals surface area (Å²) in [7, 11) is 0. The second-order valence-corrected chi connectivity index (χ2v) is 2.26. The molecule has 0 aliphatic heterocycles. The smallest absolute Gasteiger partial charge is 0.218 e. The van der Waals surface area contributed by atoms with E-state index >= 15 is 0 Å². The highest BCUT2D eigenvalue weighted by atomic mass is 16.3. The zero-order valence-electron chi connectivity index (χ0n) is 6.29. The lowest BCUT2D eigenvalue weighted by atomic mass is 10.3. The van der Waals surface area contributed by atoms with Gasteiger partial charge in [-0.3, -0.25) is 4.79 Å². The zero-order chi connectivity index (χ0) is 8.69. The van der Waals surface area contributed by atoms with Crippen molar-refractivity contribution in [1.29, 1.82) is 0 Å². The first-order valence-corrected chi connectivity index (χ1v) is 3.44. The van der Waals surface area contributed by atoms with E-state index in [9.17, 15) is 4.79 Å². The predicted octanol–water partition coefficient (Wildman–Crippen LogP) is -2.20. The van der Waals surface area contributed by atoms with Crippen LogP contribution >= 0.6 is 0 Å². The Balaban J connectivity index is 3.08. The molecule has 5 N–H and O–H groups in total. The summed E-state index contributed by atoms with van der Waals surface area (Å²) in [4.78, 5) is 10.2. The third kappa shape index (κ3) is 7.24. The van der Waals surface area contributed by atoms with Crippen LogP contribution in [0.3, 0.4) is 0 Å². The monoisotopic (exact) mass is 162 g/mol.